The molecule has 1 aromatic heterocycles. The number of hydrogen-bond donors (Lipinski definition) is 0. The smallest absolute Gasteiger partial charge is 0.339 e. The third-order valence-electron chi connectivity index (χ3n) is 6.93. The summed E-state index contributed by atoms with van der Waals surface area (Å²) in [7, 11) is 3.09. The number of carbonyl (C=O) groups excluding carboxylic acids is 1. The average Bonchev–Trinajstić information content (AvgIpc) is 2.94. The van der Waals surface area contributed by atoms with Gasteiger partial charge < -0.3 is 23.5 Å². The lowest BCUT2D eigenvalue weighted by molar-refractivity contribution is -0.385. The van der Waals surface area contributed by atoms with Gasteiger partial charge in [0.15, 0.2) is 11.5 Å². The van der Waals surface area contributed by atoms with Crippen molar-refractivity contribution in [3.05, 3.63) is 103 Å². The molecule has 0 radical (unpaired) electrons. The van der Waals surface area contributed by atoms with Crippen LogP contribution >= 0.6 is 0 Å². The van der Waals surface area contributed by atoms with Crippen LogP contribution in [0.1, 0.15) is 33.1 Å². The van der Waals surface area contributed by atoms with Crippen molar-refractivity contribution in [2.45, 2.75) is 19.4 Å². The second-order valence-electron chi connectivity index (χ2n) is 9.17. The van der Waals surface area contributed by atoms with E-state index in [1.807, 2.05) is 18.2 Å². The first-order chi connectivity index (χ1) is 18.8. The molecule has 1 atom stereocenters. The van der Waals surface area contributed by atoms with Crippen LogP contribution in [0.4, 0.5) is 5.69 Å². The van der Waals surface area contributed by atoms with E-state index < -0.39 is 16.6 Å². The first-order valence-electron chi connectivity index (χ1n) is 12.3. The number of nitro groups is 1. The van der Waals surface area contributed by atoms with Crippen molar-refractivity contribution >= 4 is 22.6 Å². The molecule has 0 N–H and O–H groups in total. The highest BCUT2D eigenvalue weighted by atomic mass is 16.6. The molecule has 2 heterocycles. The second-order valence-corrected chi connectivity index (χ2v) is 9.17. The average molecular weight is 531 g/mol. The molecule has 3 aromatic carbocycles. The second kappa shape index (κ2) is 10.5. The number of benzene rings is 3. The summed E-state index contributed by atoms with van der Waals surface area (Å²) < 4.78 is 22.5. The van der Waals surface area contributed by atoms with Crippen LogP contribution in [-0.2, 0) is 6.42 Å². The van der Waals surface area contributed by atoms with E-state index in [1.165, 1.54) is 19.2 Å². The van der Waals surface area contributed by atoms with Crippen LogP contribution in [0.3, 0.4) is 0 Å². The van der Waals surface area contributed by atoms with E-state index in [0.717, 1.165) is 11.1 Å². The number of methoxy groups -OCH3 is 2. The van der Waals surface area contributed by atoms with Crippen LogP contribution < -0.4 is 19.8 Å². The van der Waals surface area contributed by atoms with Crippen molar-refractivity contribution < 1.29 is 28.3 Å². The Morgan fingerprint density at radius 3 is 2.54 bits per heavy atom. The van der Waals surface area contributed by atoms with Gasteiger partial charge in [-0.25, -0.2) is 4.79 Å². The molecule has 0 spiro atoms. The van der Waals surface area contributed by atoms with Crippen LogP contribution in [-0.4, -0.2) is 43.1 Å². The Kier molecular flexibility index (Phi) is 6.93. The summed E-state index contributed by atoms with van der Waals surface area (Å²) in [6.07, 6.45) is 0.531. The molecule has 0 saturated carbocycles. The zero-order valence-electron chi connectivity index (χ0n) is 21.6. The molecule has 1 unspecified atom stereocenters. The molecule has 1 amide bonds. The van der Waals surface area contributed by atoms with Crippen molar-refractivity contribution in [3.63, 3.8) is 0 Å². The normalized spacial score (nSPS) is 14.5. The molecular weight excluding hydrogens is 504 g/mol. The SMILES string of the molecule is COc1cc2c(cc1OC)C(COc1cc(=O)oc3ccccc13)N(C(=O)c1ccc(C)c([N+](=O)[O-])c1)CC2. The number of ether oxygens (including phenoxy) is 3. The Hall–Kier alpha value is -4.86. The first kappa shape index (κ1) is 25.8. The van der Waals surface area contributed by atoms with E-state index in [-0.39, 0.29) is 23.8 Å². The van der Waals surface area contributed by atoms with Gasteiger partial charge in [0.2, 0.25) is 0 Å². The quantitative estimate of drug-likeness (QED) is 0.189. The molecular formula is C29H26N2O8. The number of rotatable bonds is 7. The number of nitro benzene ring substituents is 1. The van der Waals surface area contributed by atoms with Gasteiger partial charge in [-0.3, -0.25) is 14.9 Å². The molecule has 0 fully saturated rings. The zero-order valence-corrected chi connectivity index (χ0v) is 21.6. The number of nitrogens with zero attached hydrogens (tertiary/aromatic N) is 2. The maximum atomic E-state index is 13.8. The van der Waals surface area contributed by atoms with Crippen molar-refractivity contribution in [2.24, 2.45) is 0 Å². The summed E-state index contributed by atoms with van der Waals surface area (Å²) in [5, 5.41) is 12.1. The van der Waals surface area contributed by atoms with E-state index in [1.54, 1.807) is 49.3 Å². The van der Waals surface area contributed by atoms with Crippen molar-refractivity contribution in [1.29, 1.82) is 0 Å². The van der Waals surface area contributed by atoms with Gasteiger partial charge in [0.05, 0.1) is 36.6 Å². The Morgan fingerprint density at radius 1 is 1.05 bits per heavy atom. The molecule has 1 aliphatic rings. The standard InChI is InChI=1S/C29H26N2O8/c1-17-8-9-19(12-22(17)31(34)35)29(33)30-11-10-18-13-26(36-2)27(37-3)14-21(18)23(30)16-38-25-15-28(32)39-24-7-5-4-6-20(24)25/h4-9,12-15,23H,10-11,16H2,1-3H3. The minimum absolute atomic E-state index is 0.00955. The lowest BCUT2D eigenvalue weighted by Crippen LogP contribution is -2.42. The molecule has 0 saturated heterocycles. The largest absolute Gasteiger partial charge is 0.493 e. The van der Waals surface area contributed by atoms with Crippen molar-refractivity contribution in [3.8, 4) is 17.2 Å². The molecule has 5 rings (SSSR count). The Morgan fingerprint density at radius 2 is 1.79 bits per heavy atom. The summed E-state index contributed by atoms with van der Waals surface area (Å²) in [5.74, 6) is 1.02. The van der Waals surface area contributed by atoms with Gasteiger partial charge in [0.1, 0.15) is 17.9 Å². The molecule has 39 heavy (non-hydrogen) atoms. The van der Waals surface area contributed by atoms with Crippen LogP contribution in [0.2, 0.25) is 0 Å². The number of amides is 1. The molecule has 0 bridgehead atoms. The highest BCUT2D eigenvalue weighted by molar-refractivity contribution is 5.95. The Balaban J connectivity index is 1.57. The molecule has 10 nitrogen and oxygen atoms in total. The molecule has 10 heteroatoms. The van der Waals surface area contributed by atoms with Gasteiger partial charge in [-0.1, -0.05) is 18.2 Å². The fourth-order valence-electron chi connectivity index (χ4n) is 4.93. The predicted molar refractivity (Wildman–Crippen MR) is 143 cm³/mol. The van der Waals surface area contributed by atoms with E-state index in [9.17, 15) is 19.7 Å². The van der Waals surface area contributed by atoms with Gasteiger partial charge in [-0.05, 0) is 54.8 Å². The maximum Gasteiger partial charge on any atom is 0.339 e. The summed E-state index contributed by atoms with van der Waals surface area (Å²) >= 11 is 0. The van der Waals surface area contributed by atoms with Crippen LogP contribution in [0.5, 0.6) is 17.2 Å². The number of para-hydroxylation sites is 1. The predicted octanol–water partition coefficient (Wildman–Crippen LogP) is 4.85. The molecule has 4 aromatic rings. The summed E-state index contributed by atoms with van der Waals surface area (Å²) in [6, 6.07) is 15.9. The third-order valence-corrected chi connectivity index (χ3v) is 6.93. The van der Waals surface area contributed by atoms with Gasteiger partial charge >= 0.3 is 5.63 Å². The van der Waals surface area contributed by atoms with Crippen LogP contribution in [0, 0.1) is 17.0 Å². The van der Waals surface area contributed by atoms with Gasteiger partial charge in [-0.2, -0.15) is 0 Å². The Labute approximate surface area is 223 Å². The summed E-state index contributed by atoms with van der Waals surface area (Å²) in [4.78, 5) is 38.6. The van der Waals surface area contributed by atoms with Crippen LogP contribution in [0.15, 0.2) is 69.9 Å². The monoisotopic (exact) mass is 530 g/mol. The fourth-order valence-corrected chi connectivity index (χ4v) is 4.93. The van der Waals surface area contributed by atoms with Crippen molar-refractivity contribution in [2.75, 3.05) is 27.4 Å². The minimum Gasteiger partial charge on any atom is -0.493 e. The number of fused-ring (bicyclic) bond motifs is 2. The van der Waals surface area contributed by atoms with E-state index >= 15 is 0 Å². The maximum absolute atomic E-state index is 13.8. The number of hydrogen-bond acceptors (Lipinski definition) is 8. The van der Waals surface area contributed by atoms with E-state index in [4.69, 9.17) is 18.6 Å². The topological polar surface area (TPSA) is 121 Å². The zero-order chi connectivity index (χ0) is 27.7. The van der Waals surface area contributed by atoms with Crippen molar-refractivity contribution in [1.82, 2.24) is 4.90 Å². The Bertz CT molecular complexity index is 1640. The first-order valence-corrected chi connectivity index (χ1v) is 12.3. The molecule has 200 valence electrons. The number of carbonyl (C=O) groups is 1. The minimum atomic E-state index is -0.590. The highest BCUT2D eigenvalue weighted by Crippen LogP contribution is 2.39. The summed E-state index contributed by atoms with van der Waals surface area (Å²) in [6.45, 7) is 1.98. The number of aryl methyl sites for hydroxylation is 1. The lowest BCUT2D eigenvalue weighted by Gasteiger charge is -2.37. The lowest BCUT2D eigenvalue weighted by atomic mass is 9.91. The van der Waals surface area contributed by atoms with Crippen LogP contribution in [0.25, 0.3) is 11.0 Å². The molecule has 1 aliphatic heterocycles. The van der Waals surface area contributed by atoms with Gasteiger partial charge in [0.25, 0.3) is 11.6 Å². The fraction of sp³-hybridized carbons (Fsp3) is 0.241. The van der Waals surface area contributed by atoms with Gasteiger partial charge in [-0.15, -0.1) is 0 Å². The molecule has 0 aliphatic carbocycles. The summed E-state index contributed by atoms with van der Waals surface area (Å²) in [5.41, 5.74) is 2.12. The van der Waals surface area contributed by atoms with E-state index in [2.05, 4.69) is 0 Å². The third kappa shape index (κ3) is 4.88. The van der Waals surface area contributed by atoms with E-state index in [0.29, 0.717) is 46.7 Å². The highest BCUT2D eigenvalue weighted by Gasteiger charge is 2.34. The van der Waals surface area contributed by atoms with Gasteiger partial charge in [0, 0.05) is 23.7 Å².